The number of hydrogen-bond donors (Lipinski definition) is 4. The van der Waals surface area contributed by atoms with E-state index in [1.54, 1.807) is 78.4 Å². The topological polar surface area (TPSA) is 159 Å². The van der Waals surface area contributed by atoms with Crippen molar-refractivity contribution in [1.82, 2.24) is 31.2 Å². The van der Waals surface area contributed by atoms with E-state index in [1.165, 1.54) is 11.3 Å². The van der Waals surface area contributed by atoms with Crippen LogP contribution in [-0.4, -0.2) is 77.7 Å². The Hall–Kier alpha value is -4.78. The summed E-state index contributed by atoms with van der Waals surface area (Å²) in [4.78, 5) is 72.8. The minimum atomic E-state index is -1.03. The molecule has 2 aromatic carbocycles. The van der Waals surface area contributed by atoms with Gasteiger partial charge in [-0.1, -0.05) is 44.5 Å². The van der Waals surface area contributed by atoms with Crippen LogP contribution in [0.4, 0.5) is 0 Å². The molecule has 256 valence electrons. The van der Waals surface area contributed by atoms with Crippen molar-refractivity contribution in [2.75, 3.05) is 20.2 Å². The number of hydrogen-bond acceptors (Lipinski definition) is 8. The largest absolute Gasteiger partial charge is 0.497 e. The number of carbonyl (C=O) groups excluding carboxylic acids is 5. The molecular weight excluding hydrogens is 632 g/mol. The lowest BCUT2D eigenvalue weighted by Gasteiger charge is -2.27. The highest BCUT2D eigenvalue weighted by Gasteiger charge is 2.31. The third-order valence-corrected chi connectivity index (χ3v) is 9.03. The second-order valence-electron chi connectivity index (χ2n) is 12.0. The first-order chi connectivity index (χ1) is 23.1. The molecule has 12 nitrogen and oxygen atoms in total. The lowest BCUT2D eigenvalue weighted by Crippen LogP contribution is -2.58. The number of thiazole rings is 1. The Morgan fingerprint density at radius 1 is 0.979 bits per heavy atom. The zero-order valence-corrected chi connectivity index (χ0v) is 28.6. The van der Waals surface area contributed by atoms with Crippen LogP contribution in [0.5, 0.6) is 5.75 Å². The van der Waals surface area contributed by atoms with Crippen molar-refractivity contribution < 1.29 is 28.7 Å². The molecule has 4 N–H and O–H groups in total. The fraction of sp³-hybridized carbons (Fsp3) is 0.429. The molecule has 5 rings (SSSR count). The second kappa shape index (κ2) is 17.4. The van der Waals surface area contributed by atoms with Crippen molar-refractivity contribution in [3.63, 3.8) is 0 Å². The fourth-order valence-corrected chi connectivity index (χ4v) is 5.81. The standard InChI is InChI=1S/C35H44N6O6S/c1-5-22(2)30-34(45)39-28(18-24-10-14-27(47-4)15-11-24)33(44)38-23(3)31(42)36-16-6-7-17-41(35(46)29-20-48-21-37-29)19-25-8-12-26(13-9-25)32(43)40-30/h8-15,20-23,28,30H,5-7,16-19H2,1-4H3,(H,36,42)(H,38,44)(H,39,45)(H,40,43)/t22-,23+,28-,30?/m0/s1. The molecule has 1 unspecified atom stereocenters. The first kappa shape index (κ1) is 36.1. The molecule has 0 saturated heterocycles. The number of fused-ring (bicyclic) bond motifs is 18. The summed E-state index contributed by atoms with van der Waals surface area (Å²) in [6, 6.07) is 11.2. The second-order valence-corrected chi connectivity index (χ2v) is 12.7. The van der Waals surface area contributed by atoms with Crippen molar-refractivity contribution >= 4 is 40.9 Å². The summed E-state index contributed by atoms with van der Waals surface area (Å²) in [5, 5.41) is 13.0. The Balaban J connectivity index is 1.60. The predicted molar refractivity (Wildman–Crippen MR) is 182 cm³/mol. The van der Waals surface area contributed by atoms with Gasteiger partial charge in [0.05, 0.1) is 12.6 Å². The minimum Gasteiger partial charge on any atom is -0.497 e. The SMILES string of the molecule is CC[C@H](C)C1NC(=O)c2ccc(cc2)CN(C(=O)c2cscn2)CCCCNC(=O)[C@@H](C)NC(=O)[C@H](Cc2ccc(OC)cc2)NC1=O. The van der Waals surface area contributed by atoms with Gasteiger partial charge < -0.3 is 30.9 Å². The Kier molecular flexibility index (Phi) is 13.1. The van der Waals surface area contributed by atoms with E-state index in [2.05, 4.69) is 26.3 Å². The number of ether oxygens (including phenoxy) is 1. The van der Waals surface area contributed by atoms with Crippen LogP contribution < -0.4 is 26.0 Å². The minimum absolute atomic E-state index is 0.147. The third kappa shape index (κ3) is 9.86. The van der Waals surface area contributed by atoms with Crippen LogP contribution in [0.25, 0.3) is 0 Å². The van der Waals surface area contributed by atoms with E-state index in [-0.39, 0.29) is 24.2 Å². The maximum absolute atomic E-state index is 13.8. The summed E-state index contributed by atoms with van der Waals surface area (Å²) in [5.41, 5.74) is 3.92. The van der Waals surface area contributed by atoms with E-state index in [0.29, 0.717) is 55.9 Å². The monoisotopic (exact) mass is 676 g/mol. The highest BCUT2D eigenvalue weighted by molar-refractivity contribution is 7.07. The molecule has 0 radical (unpaired) electrons. The molecule has 2 bridgehead atoms. The molecule has 4 atom stereocenters. The average Bonchev–Trinajstić information content (AvgIpc) is 3.64. The van der Waals surface area contributed by atoms with E-state index in [4.69, 9.17) is 4.74 Å². The molecule has 3 heterocycles. The van der Waals surface area contributed by atoms with Crippen LogP contribution in [0.3, 0.4) is 0 Å². The van der Waals surface area contributed by atoms with Crippen molar-refractivity contribution in [2.45, 2.75) is 71.1 Å². The van der Waals surface area contributed by atoms with E-state index in [1.807, 2.05) is 13.8 Å². The summed E-state index contributed by atoms with van der Waals surface area (Å²) >= 11 is 1.34. The lowest BCUT2D eigenvalue weighted by atomic mass is 9.96. The van der Waals surface area contributed by atoms with Gasteiger partial charge in [0.1, 0.15) is 29.6 Å². The van der Waals surface area contributed by atoms with E-state index < -0.39 is 35.8 Å². The summed E-state index contributed by atoms with van der Waals surface area (Å²) in [7, 11) is 1.56. The van der Waals surface area contributed by atoms with Crippen molar-refractivity contribution in [2.24, 2.45) is 5.92 Å². The molecule has 0 spiro atoms. The van der Waals surface area contributed by atoms with Crippen LogP contribution in [0.15, 0.2) is 59.4 Å². The summed E-state index contributed by atoms with van der Waals surface area (Å²) < 4.78 is 5.24. The van der Waals surface area contributed by atoms with Crippen molar-refractivity contribution in [3.05, 3.63) is 81.8 Å². The van der Waals surface area contributed by atoms with Crippen molar-refractivity contribution in [3.8, 4) is 5.75 Å². The molecular formula is C35H44N6O6S. The molecule has 48 heavy (non-hydrogen) atoms. The van der Waals surface area contributed by atoms with Gasteiger partial charge in [-0.3, -0.25) is 24.0 Å². The number of nitrogens with one attached hydrogen (secondary N) is 4. The van der Waals surface area contributed by atoms with Crippen LogP contribution in [0.1, 0.15) is 72.0 Å². The van der Waals surface area contributed by atoms with Crippen LogP contribution >= 0.6 is 11.3 Å². The maximum Gasteiger partial charge on any atom is 0.273 e. The van der Waals surface area contributed by atoms with Crippen LogP contribution in [0, 0.1) is 5.92 Å². The van der Waals surface area contributed by atoms with Gasteiger partial charge >= 0.3 is 0 Å². The van der Waals surface area contributed by atoms with Gasteiger partial charge in [-0.05, 0) is 61.1 Å². The quantitative estimate of drug-likeness (QED) is 0.292. The molecule has 13 heteroatoms. The van der Waals surface area contributed by atoms with Gasteiger partial charge in [0.25, 0.3) is 11.8 Å². The Morgan fingerprint density at radius 3 is 2.35 bits per heavy atom. The molecule has 1 aromatic heterocycles. The lowest BCUT2D eigenvalue weighted by molar-refractivity contribution is -0.132. The van der Waals surface area contributed by atoms with Crippen LogP contribution in [-0.2, 0) is 27.3 Å². The smallest absolute Gasteiger partial charge is 0.273 e. The van der Waals surface area contributed by atoms with Gasteiger partial charge in [-0.25, -0.2) is 4.98 Å². The third-order valence-electron chi connectivity index (χ3n) is 8.45. The number of nitrogens with zero attached hydrogens (tertiary/aromatic N) is 2. The first-order valence-corrected chi connectivity index (χ1v) is 17.1. The van der Waals surface area contributed by atoms with E-state index in [9.17, 15) is 24.0 Å². The first-order valence-electron chi connectivity index (χ1n) is 16.2. The Bertz CT molecular complexity index is 1550. The number of methoxy groups -OCH3 is 1. The van der Waals surface area contributed by atoms with E-state index in [0.717, 1.165) is 11.1 Å². The Morgan fingerprint density at radius 2 is 1.71 bits per heavy atom. The van der Waals surface area contributed by atoms with Gasteiger partial charge in [0, 0.05) is 37.0 Å². The molecule has 0 saturated carbocycles. The van der Waals surface area contributed by atoms with Gasteiger partial charge in [0.15, 0.2) is 0 Å². The maximum atomic E-state index is 13.8. The van der Waals surface area contributed by atoms with E-state index >= 15 is 0 Å². The predicted octanol–water partition coefficient (Wildman–Crippen LogP) is 3.08. The average molecular weight is 677 g/mol. The zero-order chi connectivity index (χ0) is 34.6. The number of amides is 5. The number of rotatable bonds is 6. The normalized spacial score (nSPS) is 20.8. The molecule has 0 aliphatic carbocycles. The highest BCUT2D eigenvalue weighted by atomic mass is 32.1. The van der Waals surface area contributed by atoms with Gasteiger partial charge in [-0.2, -0.15) is 0 Å². The van der Waals surface area contributed by atoms with Gasteiger partial charge in [-0.15, -0.1) is 11.3 Å². The summed E-state index contributed by atoms with van der Waals surface area (Å²) in [6.45, 7) is 6.44. The number of aromatic nitrogens is 1. The highest BCUT2D eigenvalue weighted by Crippen LogP contribution is 2.16. The summed E-state index contributed by atoms with van der Waals surface area (Å²) in [5.74, 6) is -1.67. The zero-order valence-electron chi connectivity index (χ0n) is 27.8. The molecule has 3 aromatic rings. The number of benzene rings is 2. The van der Waals surface area contributed by atoms with Crippen molar-refractivity contribution in [1.29, 1.82) is 0 Å². The molecule has 0 fully saturated rings. The fourth-order valence-electron chi connectivity index (χ4n) is 5.28. The Labute approximate surface area is 285 Å². The molecule has 2 aliphatic rings. The summed E-state index contributed by atoms with van der Waals surface area (Å²) in [6.07, 6.45) is 1.95. The number of carbonyl (C=O) groups is 5. The molecule has 5 amide bonds. The van der Waals surface area contributed by atoms with Crippen LogP contribution in [0.2, 0.25) is 0 Å². The van der Waals surface area contributed by atoms with Gasteiger partial charge in [0.2, 0.25) is 17.7 Å². The molecule has 2 aliphatic heterocycles.